The van der Waals surface area contributed by atoms with Crippen molar-refractivity contribution in [2.45, 2.75) is 38.7 Å². The highest BCUT2D eigenvalue weighted by Crippen LogP contribution is 2.35. The molecule has 0 aliphatic carbocycles. The number of alkyl halides is 2. The fraction of sp³-hybridized carbons (Fsp3) is 0.200. The van der Waals surface area contributed by atoms with Gasteiger partial charge in [-0.2, -0.15) is 13.2 Å². The van der Waals surface area contributed by atoms with Crippen LogP contribution in [-0.4, -0.2) is 0 Å². The molecule has 0 aliphatic rings. The summed E-state index contributed by atoms with van der Waals surface area (Å²) in [5.41, 5.74) is 0.902. The highest BCUT2D eigenvalue weighted by atomic mass is 19.3. The Morgan fingerprint density at radius 3 is 2.00 bits per heavy atom. The van der Waals surface area contributed by atoms with Crippen LogP contribution in [-0.2, 0) is 25.4 Å². The molecule has 0 aliphatic heterocycles. The SMILES string of the molecule is CCCc1ccc(C(F)(F)Oc2ccc(CCc3ccc(-c4ccc(F)c(F)c4)c(F)c3)c(F)c2F)cc1. The van der Waals surface area contributed by atoms with Gasteiger partial charge in [0.15, 0.2) is 23.2 Å². The summed E-state index contributed by atoms with van der Waals surface area (Å²) in [6.07, 6.45) is -2.26. The summed E-state index contributed by atoms with van der Waals surface area (Å²) in [6, 6.07) is 14.6. The highest BCUT2D eigenvalue weighted by molar-refractivity contribution is 5.64. The van der Waals surface area contributed by atoms with Crippen molar-refractivity contribution in [3.8, 4) is 16.9 Å². The Labute approximate surface area is 215 Å². The molecule has 4 aromatic carbocycles. The van der Waals surface area contributed by atoms with Gasteiger partial charge in [-0.1, -0.05) is 49.7 Å². The van der Waals surface area contributed by atoms with Gasteiger partial charge in [0.1, 0.15) is 5.82 Å². The molecule has 0 heterocycles. The number of aryl methyl sites for hydroxylation is 3. The van der Waals surface area contributed by atoms with E-state index in [-0.39, 0.29) is 29.5 Å². The van der Waals surface area contributed by atoms with Crippen LogP contribution in [0.5, 0.6) is 5.75 Å². The van der Waals surface area contributed by atoms with Gasteiger partial charge in [0.05, 0.1) is 5.56 Å². The summed E-state index contributed by atoms with van der Waals surface area (Å²) in [4.78, 5) is 0. The van der Waals surface area contributed by atoms with Crippen LogP contribution in [0.1, 0.15) is 35.6 Å². The second kappa shape index (κ2) is 11.3. The van der Waals surface area contributed by atoms with E-state index in [4.69, 9.17) is 0 Å². The number of hydrogen-bond acceptors (Lipinski definition) is 1. The molecule has 4 aromatic rings. The third-order valence-corrected chi connectivity index (χ3v) is 6.14. The van der Waals surface area contributed by atoms with Crippen molar-refractivity contribution >= 4 is 0 Å². The van der Waals surface area contributed by atoms with Crippen molar-refractivity contribution in [1.82, 2.24) is 0 Å². The van der Waals surface area contributed by atoms with Crippen molar-refractivity contribution in [1.29, 1.82) is 0 Å². The number of benzene rings is 4. The third-order valence-electron chi connectivity index (χ3n) is 6.14. The molecule has 0 atom stereocenters. The van der Waals surface area contributed by atoms with Gasteiger partial charge in [0, 0.05) is 5.56 Å². The molecule has 0 spiro atoms. The lowest BCUT2D eigenvalue weighted by molar-refractivity contribution is -0.187. The average Bonchev–Trinajstić information content (AvgIpc) is 2.89. The quantitative estimate of drug-likeness (QED) is 0.196. The molecule has 4 rings (SSSR count). The Balaban J connectivity index is 1.45. The topological polar surface area (TPSA) is 9.23 Å². The van der Waals surface area contributed by atoms with E-state index in [0.29, 0.717) is 5.56 Å². The molecule has 0 saturated heterocycles. The molecule has 0 saturated carbocycles. The van der Waals surface area contributed by atoms with E-state index in [9.17, 15) is 30.7 Å². The molecule has 0 amide bonds. The molecule has 0 bridgehead atoms. The molecule has 0 unspecified atom stereocenters. The van der Waals surface area contributed by atoms with E-state index in [1.165, 1.54) is 42.5 Å². The predicted octanol–water partition coefficient (Wildman–Crippen LogP) is 8.92. The Hall–Kier alpha value is -3.81. The minimum Gasteiger partial charge on any atom is -0.426 e. The van der Waals surface area contributed by atoms with E-state index < -0.39 is 46.5 Å². The molecular weight excluding hydrogens is 509 g/mol. The van der Waals surface area contributed by atoms with Crippen molar-refractivity contribution in [3.05, 3.63) is 124 Å². The first-order valence-electron chi connectivity index (χ1n) is 12.0. The summed E-state index contributed by atoms with van der Waals surface area (Å²) in [5.74, 6) is -6.69. The van der Waals surface area contributed by atoms with E-state index in [2.05, 4.69) is 4.74 Å². The van der Waals surface area contributed by atoms with Crippen molar-refractivity contribution in [3.63, 3.8) is 0 Å². The molecule has 198 valence electrons. The smallest absolute Gasteiger partial charge is 0.426 e. The van der Waals surface area contributed by atoms with Crippen molar-refractivity contribution < 1.29 is 35.5 Å². The van der Waals surface area contributed by atoms with Gasteiger partial charge in [0.25, 0.3) is 0 Å². The lowest BCUT2D eigenvalue weighted by Gasteiger charge is -2.19. The van der Waals surface area contributed by atoms with Gasteiger partial charge in [-0.05, 0) is 77.9 Å². The Kier molecular flexibility index (Phi) is 8.09. The van der Waals surface area contributed by atoms with Crippen molar-refractivity contribution in [2.24, 2.45) is 0 Å². The molecule has 0 radical (unpaired) electrons. The van der Waals surface area contributed by atoms with Gasteiger partial charge in [-0.3, -0.25) is 0 Å². The number of halogens is 7. The maximum Gasteiger partial charge on any atom is 0.426 e. The second-order valence-electron chi connectivity index (χ2n) is 8.86. The highest BCUT2D eigenvalue weighted by Gasteiger charge is 2.36. The first kappa shape index (κ1) is 27.2. The van der Waals surface area contributed by atoms with Gasteiger partial charge < -0.3 is 4.74 Å². The summed E-state index contributed by atoms with van der Waals surface area (Å²) in [5, 5.41) is 0. The van der Waals surface area contributed by atoms with Gasteiger partial charge >= 0.3 is 6.11 Å². The van der Waals surface area contributed by atoms with Crippen LogP contribution in [0.3, 0.4) is 0 Å². The fourth-order valence-corrected chi connectivity index (χ4v) is 4.09. The summed E-state index contributed by atoms with van der Waals surface area (Å²) < 4.78 is 104. The van der Waals surface area contributed by atoms with Crippen LogP contribution in [0.4, 0.5) is 30.7 Å². The van der Waals surface area contributed by atoms with E-state index in [1.54, 1.807) is 0 Å². The molecule has 1 nitrogen and oxygen atoms in total. The minimum atomic E-state index is -3.88. The first-order valence-corrected chi connectivity index (χ1v) is 12.0. The molecule has 8 heteroatoms. The first-order chi connectivity index (χ1) is 18.1. The standard InChI is InChI=1S/C30H23F7O/c1-2-3-18-5-11-22(12-6-18)30(36,37)38-27-15-10-20(28(34)29(27)35)8-4-19-7-13-23(25(32)16-19)21-9-14-24(31)26(33)17-21/h5-7,9-17H,2-4,8H2,1H3. The van der Waals surface area contributed by atoms with Crippen LogP contribution >= 0.6 is 0 Å². The van der Waals surface area contributed by atoms with Crippen LogP contribution in [0, 0.1) is 29.1 Å². The van der Waals surface area contributed by atoms with E-state index >= 15 is 0 Å². The third kappa shape index (κ3) is 6.01. The van der Waals surface area contributed by atoms with Crippen LogP contribution in [0.25, 0.3) is 11.1 Å². The minimum absolute atomic E-state index is 0.0484. The number of rotatable bonds is 9. The van der Waals surface area contributed by atoms with E-state index in [1.807, 2.05) is 6.92 Å². The van der Waals surface area contributed by atoms with Gasteiger partial charge in [-0.15, -0.1) is 0 Å². The Morgan fingerprint density at radius 1 is 0.632 bits per heavy atom. The van der Waals surface area contributed by atoms with Crippen LogP contribution < -0.4 is 4.74 Å². The summed E-state index contributed by atoms with van der Waals surface area (Å²) in [6.45, 7) is 1.96. The van der Waals surface area contributed by atoms with E-state index in [0.717, 1.165) is 48.7 Å². The molecular formula is C30H23F7O. The average molecular weight is 532 g/mol. The van der Waals surface area contributed by atoms with Gasteiger partial charge in [0.2, 0.25) is 5.82 Å². The largest absolute Gasteiger partial charge is 0.426 e. The molecule has 0 N–H and O–H groups in total. The summed E-state index contributed by atoms with van der Waals surface area (Å²) in [7, 11) is 0. The predicted molar refractivity (Wildman–Crippen MR) is 130 cm³/mol. The lowest BCUT2D eigenvalue weighted by Crippen LogP contribution is -2.22. The number of hydrogen-bond donors (Lipinski definition) is 0. The monoisotopic (exact) mass is 532 g/mol. The van der Waals surface area contributed by atoms with Crippen LogP contribution in [0.2, 0.25) is 0 Å². The van der Waals surface area contributed by atoms with Crippen molar-refractivity contribution in [2.75, 3.05) is 0 Å². The molecule has 0 aromatic heterocycles. The Bertz CT molecular complexity index is 1430. The maximum atomic E-state index is 14.7. The number of ether oxygens (including phenoxy) is 1. The maximum absolute atomic E-state index is 14.7. The Morgan fingerprint density at radius 2 is 1.34 bits per heavy atom. The zero-order valence-corrected chi connectivity index (χ0v) is 20.3. The normalized spacial score (nSPS) is 11.6. The van der Waals surface area contributed by atoms with Gasteiger partial charge in [-0.25, -0.2) is 17.6 Å². The summed E-state index contributed by atoms with van der Waals surface area (Å²) >= 11 is 0. The molecule has 0 fully saturated rings. The lowest BCUT2D eigenvalue weighted by atomic mass is 9.99. The van der Waals surface area contributed by atoms with Crippen LogP contribution in [0.15, 0.2) is 72.8 Å². The second-order valence-corrected chi connectivity index (χ2v) is 8.86. The zero-order valence-electron chi connectivity index (χ0n) is 20.3. The molecule has 38 heavy (non-hydrogen) atoms. The fourth-order valence-electron chi connectivity index (χ4n) is 4.09. The zero-order chi connectivity index (χ0) is 27.4.